The van der Waals surface area contributed by atoms with Crippen LogP contribution in [0.25, 0.3) is 0 Å². The number of carbonyl (C=O) groups is 2. The van der Waals surface area contributed by atoms with Crippen LogP contribution < -0.4 is 10.5 Å². The molecular formula is C15H20N2O4. The molecule has 114 valence electrons. The Labute approximate surface area is 123 Å². The number of para-hydroxylation sites is 1. The predicted molar refractivity (Wildman–Crippen MR) is 77.1 cm³/mol. The monoisotopic (exact) mass is 292 g/mol. The number of benzene rings is 1. The molecule has 0 aliphatic carbocycles. The number of rotatable bonds is 4. The Kier molecular flexibility index (Phi) is 5.16. The summed E-state index contributed by atoms with van der Waals surface area (Å²) in [6, 6.07) is 6.94. The van der Waals surface area contributed by atoms with E-state index in [1.807, 2.05) is 0 Å². The van der Waals surface area contributed by atoms with Gasteiger partial charge in [0, 0.05) is 6.54 Å². The van der Waals surface area contributed by atoms with Gasteiger partial charge < -0.3 is 20.1 Å². The highest BCUT2D eigenvalue weighted by molar-refractivity contribution is 5.92. The summed E-state index contributed by atoms with van der Waals surface area (Å²) in [6.45, 7) is 1.20. The van der Waals surface area contributed by atoms with Gasteiger partial charge in [-0.1, -0.05) is 12.1 Å². The molecular weight excluding hydrogens is 272 g/mol. The molecule has 1 aromatic rings. The largest absolute Gasteiger partial charge is 0.488 e. The summed E-state index contributed by atoms with van der Waals surface area (Å²) in [5.74, 6) is -0.0303. The van der Waals surface area contributed by atoms with E-state index >= 15 is 0 Å². The van der Waals surface area contributed by atoms with Gasteiger partial charge in [-0.15, -0.1) is 0 Å². The lowest BCUT2D eigenvalue weighted by atomic mass is 10.1. The van der Waals surface area contributed by atoms with Crippen LogP contribution >= 0.6 is 0 Å². The standard InChI is InChI=1S/C15H20N2O4/c1-20-15(19)12-6-2-3-7-13(12)21-11-5-4-8-17(10-11)14(18)9-16/h2-3,6-7,11H,4-5,8-10,16H2,1H3. The Bertz CT molecular complexity index is 518. The van der Waals surface area contributed by atoms with Crippen LogP contribution in [0, 0.1) is 0 Å². The van der Waals surface area contributed by atoms with Crippen molar-refractivity contribution < 1.29 is 19.1 Å². The Morgan fingerprint density at radius 1 is 1.38 bits per heavy atom. The summed E-state index contributed by atoms with van der Waals surface area (Å²) in [4.78, 5) is 25.1. The molecule has 2 N–H and O–H groups in total. The van der Waals surface area contributed by atoms with Gasteiger partial charge in [-0.3, -0.25) is 4.79 Å². The molecule has 1 saturated heterocycles. The summed E-state index contributed by atoms with van der Waals surface area (Å²) in [5, 5.41) is 0. The fraction of sp³-hybridized carbons (Fsp3) is 0.467. The fourth-order valence-electron chi connectivity index (χ4n) is 2.42. The molecule has 1 aromatic carbocycles. The van der Waals surface area contributed by atoms with Crippen LogP contribution in [0.1, 0.15) is 23.2 Å². The minimum atomic E-state index is -0.434. The number of ether oxygens (including phenoxy) is 2. The smallest absolute Gasteiger partial charge is 0.341 e. The molecule has 0 saturated carbocycles. The second kappa shape index (κ2) is 7.08. The van der Waals surface area contributed by atoms with E-state index in [2.05, 4.69) is 0 Å². The molecule has 0 bridgehead atoms. The second-order valence-electron chi connectivity index (χ2n) is 4.91. The summed E-state index contributed by atoms with van der Waals surface area (Å²) in [5.41, 5.74) is 5.78. The number of carbonyl (C=O) groups excluding carboxylic acids is 2. The first kappa shape index (κ1) is 15.3. The van der Waals surface area contributed by atoms with Crippen LogP contribution in [0.15, 0.2) is 24.3 Å². The topological polar surface area (TPSA) is 81.9 Å². The Morgan fingerprint density at radius 2 is 2.14 bits per heavy atom. The van der Waals surface area contributed by atoms with Crippen molar-refractivity contribution in [1.29, 1.82) is 0 Å². The Hall–Kier alpha value is -2.08. The van der Waals surface area contributed by atoms with E-state index in [0.29, 0.717) is 24.4 Å². The molecule has 0 spiro atoms. The van der Waals surface area contributed by atoms with Gasteiger partial charge in [-0.2, -0.15) is 0 Å². The molecule has 1 atom stereocenters. The van der Waals surface area contributed by atoms with E-state index in [1.165, 1.54) is 7.11 Å². The van der Waals surface area contributed by atoms with Gasteiger partial charge >= 0.3 is 5.97 Å². The minimum absolute atomic E-state index is 0.00542. The maximum Gasteiger partial charge on any atom is 0.341 e. The molecule has 6 nitrogen and oxygen atoms in total. The van der Waals surface area contributed by atoms with Gasteiger partial charge in [-0.25, -0.2) is 4.79 Å². The molecule has 1 heterocycles. The normalized spacial score (nSPS) is 18.2. The average molecular weight is 292 g/mol. The van der Waals surface area contributed by atoms with Crippen molar-refractivity contribution >= 4 is 11.9 Å². The van der Waals surface area contributed by atoms with Crippen LogP contribution in [0.4, 0.5) is 0 Å². The van der Waals surface area contributed by atoms with Gasteiger partial charge in [0.2, 0.25) is 5.91 Å². The predicted octanol–water partition coefficient (Wildman–Crippen LogP) is 0.802. The van der Waals surface area contributed by atoms with Gasteiger partial charge in [0.05, 0.1) is 20.2 Å². The molecule has 21 heavy (non-hydrogen) atoms. The summed E-state index contributed by atoms with van der Waals surface area (Å²) in [6.07, 6.45) is 1.56. The van der Waals surface area contributed by atoms with Crippen LogP contribution in [0.5, 0.6) is 5.75 Å². The number of methoxy groups -OCH3 is 1. The average Bonchev–Trinajstić information content (AvgIpc) is 2.54. The van der Waals surface area contributed by atoms with Crippen molar-refractivity contribution in [2.45, 2.75) is 18.9 Å². The van der Waals surface area contributed by atoms with Crippen LogP contribution in [-0.2, 0) is 9.53 Å². The summed E-state index contributed by atoms with van der Waals surface area (Å²) in [7, 11) is 1.33. The maximum atomic E-state index is 11.7. The van der Waals surface area contributed by atoms with E-state index < -0.39 is 5.97 Å². The van der Waals surface area contributed by atoms with Gasteiger partial charge in [0.15, 0.2) is 0 Å². The quantitative estimate of drug-likeness (QED) is 0.830. The lowest BCUT2D eigenvalue weighted by molar-refractivity contribution is -0.132. The molecule has 6 heteroatoms. The Morgan fingerprint density at radius 3 is 2.86 bits per heavy atom. The number of piperidine rings is 1. The minimum Gasteiger partial charge on any atom is -0.488 e. The first-order chi connectivity index (χ1) is 10.2. The lowest BCUT2D eigenvalue weighted by Crippen LogP contribution is -2.46. The number of nitrogens with two attached hydrogens (primary N) is 1. The number of amides is 1. The van der Waals surface area contributed by atoms with Crippen molar-refractivity contribution in [3.8, 4) is 5.75 Å². The molecule has 0 aromatic heterocycles. The highest BCUT2D eigenvalue weighted by atomic mass is 16.5. The first-order valence-electron chi connectivity index (χ1n) is 6.97. The highest BCUT2D eigenvalue weighted by Crippen LogP contribution is 2.23. The van der Waals surface area contributed by atoms with Crippen LogP contribution in [-0.4, -0.2) is 49.6 Å². The number of hydrogen-bond donors (Lipinski definition) is 1. The number of nitrogens with zero attached hydrogens (tertiary/aromatic N) is 1. The molecule has 1 aliphatic heterocycles. The van der Waals surface area contributed by atoms with Crippen molar-refractivity contribution in [2.75, 3.05) is 26.7 Å². The molecule has 1 amide bonds. The molecule has 1 unspecified atom stereocenters. The molecule has 0 radical (unpaired) electrons. The number of likely N-dealkylation sites (tertiary alicyclic amines) is 1. The third-order valence-corrected chi connectivity index (χ3v) is 3.49. The fourth-order valence-corrected chi connectivity index (χ4v) is 2.42. The van der Waals surface area contributed by atoms with Crippen LogP contribution in [0.3, 0.4) is 0 Å². The number of esters is 1. The Balaban J connectivity index is 2.08. The van der Waals surface area contributed by atoms with Crippen molar-refractivity contribution in [3.05, 3.63) is 29.8 Å². The van der Waals surface area contributed by atoms with E-state index in [4.69, 9.17) is 15.2 Å². The van der Waals surface area contributed by atoms with E-state index in [9.17, 15) is 9.59 Å². The van der Waals surface area contributed by atoms with Gasteiger partial charge in [0.25, 0.3) is 0 Å². The van der Waals surface area contributed by atoms with E-state index in [1.54, 1.807) is 29.2 Å². The SMILES string of the molecule is COC(=O)c1ccccc1OC1CCCN(C(=O)CN)C1. The third kappa shape index (κ3) is 3.72. The van der Waals surface area contributed by atoms with Gasteiger partial charge in [-0.05, 0) is 25.0 Å². The molecule has 1 fully saturated rings. The summed E-state index contributed by atoms with van der Waals surface area (Å²) < 4.78 is 10.6. The van der Waals surface area contributed by atoms with E-state index in [0.717, 1.165) is 12.8 Å². The van der Waals surface area contributed by atoms with Gasteiger partial charge in [0.1, 0.15) is 17.4 Å². The second-order valence-corrected chi connectivity index (χ2v) is 4.91. The van der Waals surface area contributed by atoms with E-state index in [-0.39, 0.29) is 18.6 Å². The zero-order valence-electron chi connectivity index (χ0n) is 12.1. The summed E-state index contributed by atoms with van der Waals surface area (Å²) >= 11 is 0. The zero-order chi connectivity index (χ0) is 15.2. The third-order valence-electron chi connectivity index (χ3n) is 3.49. The zero-order valence-corrected chi connectivity index (χ0v) is 12.1. The molecule has 2 rings (SSSR count). The van der Waals surface area contributed by atoms with Crippen LogP contribution in [0.2, 0.25) is 0 Å². The van der Waals surface area contributed by atoms with Crippen molar-refractivity contribution in [1.82, 2.24) is 4.90 Å². The first-order valence-corrected chi connectivity index (χ1v) is 6.97. The van der Waals surface area contributed by atoms with Crippen molar-refractivity contribution in [3.63, 3.8) is 0 Å². The maximum absolute atomic E-state index is 11.7. The van der Waals surface area contributed by atoms with Crippen molar-refractivity contribution in [2.24, 2.45) is 5.73 Å². The highest BCUT2D eigenvalue weighted by Gasteiger charge is 2.25. The lowest BCUT2D eigenvalue weighted by Gasteiger charge is -2.33. The molecule has 1 aliphatic rings. The number of hydrogen-bond acceptors (Lipinski definition) is 5.